The van der Waals surface area contributed by atoms with Crippen LogP contribution in [0.2, 0.25) is 0 Å². The van der Waals surface area contributed by atoms with Gasteiger partial charge in [0, 0.05) is 0 Å². The molecule has 2 amide bonds. The van der Waals surface area contributed by atoms with Crippen LogP contribution in [0, 0.1) is 4.77 Å². The molecule has 2 aromatic carbocycles. The van der Waals surface area contributed by atoms with Gasteiger partial charge in [-0.2, -0.15) is 5.11 Å². The number of rotatable bonds is 6. The van der Waals surface area contributed by atoms with Gasteiger partial charge in [-0.05, 0) is 48.6 Å². The lowest BCUT2D eigenvalue weighted by Gasteiger charge is -2.15. The quantitative estimate of drug-likeness (QED) is 0.255. The number of H-pyrrole nitrogens is 2. The molecule has 0 bridgehead atoms. The van der Waals surface area contributed by atoms with Crippen molar-refractivity contribution in [3.63, 3.8) is 0 Å². The third kappa shape index (κ3) is 4.66. The summed E-state index contributed by atoms with van der Waals surface area (Å²) in [5.41, 5.74) is 4.77. The third-order valence-electron chi connectivity index (χ3n) is 4.81. The molecule has 1 aliphatic heterocycles. The number of anilines is 1. The Kier molecular flexibility index (Phi) is 6.29. The minimum Gasteiger partial charge on any atom is -0.383 e. The molecule has 4 rings (SSSR count). The van der Waals surface area contributed by atoms with E-state index < -0.39 is 44.0 Å². The average Bonchev–Trinajstić information content (AvgIpc) is 2.99. The molecule has 1 aromatic heterocycles. The fraction of sp³-hybridized carbons (Fsp3) is 0.0526. The van der Waals surface area contributed by atoms with Crippen molar-refractivity contribution in [2.75, 3.05) is 12.3 Å². The Balaban J connectivity index is 1.47. The first-order chi connectivity index (χ1) is 16.9. The SMILES string of the molecule is Nc1[nH]c(=S)[nH]c(=O)c1N=Nc1ccc(S(=O)(=O)NC(=O)CN2C(=O)c3ccccc3S2(=O)=O)cc1. The molecule has 0 atom stereocenters. The minimum absolute atomic E-state index is 0.00397. The zero-order valence-corrected chi connectivity index (χ0v) is 20.3. The van der Waals surface area contributed by atoms with Crippen molar-refractivity contribution in [2.24, 2.45) is 10.2 Å². The van der Waals surface area contributed by atoms with Gasteiger partial charge in [0.1, 0.15) is 17.3 Å². The Hall–Kier alpha value is -4.22. The predicted octanol–water partition coefficient (Wildman–Crippen LogP) is 1.08. The third-order valence-corrected chi connectivity index (χ3v) is 8.19. The minimum atomic E-state index is -4.42. The van der Waals surface area contributed by atoms with Crippen molar-refractivity contribution in [1.29, 1.82) is 0 Å². The van der Waals surface area contributed by atoms with E-state index in [1.54, 1.807) is 4.72 Å². The summed E-state index contributed by atoms with van der Waals surface area (Å²) < 4.78 is 52.3. The number of nitrogens with two attached hydrogens (primary N) is 1. The summed E-state index contributed by atoms with van der Waals surface area (Å²) in [4.78, 5) is 40.8. The molecule has 0 aliphatic carbocycles. The fourth-order valence-corrected chi connectivity index (χ4v) is 5.86. The van der Waals surface area contributed by atoms with E-state index >= 15 is 0 Å². The van der Waals surface area contributed by atoms with E-state index in [2.05, 4.69) is 20.2 Å². The molecule has 36 heavy (non-hydrogen) atoms. The second-order valence-corrected chi connectivity index (χ2v) is 11.1. The van der Waals surface area contributed by atoms with Crippen LogP contribution in [0.1, 0.15) is 10.4 Å². The maximum atomic E-state index is 12.6. The Morgan fingerprint density at radius 3 is 2.36 bits per heavy atom. The lowest BCUT2D eigenvalue weighted by molar-refractivity contribution is -0.119. The average molecular weight is 550 g/mol. The molecule has 186 valence electrons. The topological polar surface area (TPSA) is 217 Å². The van der Waals surface area contributed by atoms with Gasteiger partial charge in [-0.15, -0.1) is 5.11 Å². The first kappa shape index (κ1) is 24.9. The second kappa shape index (κ2) is 9.10. The van der Waals surface area contributed by atoms with E-state index in [9.17, 15) is 31.2 Å². The lowest BCUT2D eigenvalue weighted by Crippen LogP contribution is -2.42. The standard InChI is InChI=1S/C19H15N7O7S3/c20-16-15(17(28)22-19(34)21-16)24-23-10-5-7-11(8-6-10)35(30,31)25-14(27)9-26-18(29)12-3-1-2-4-13(12)36(26,32)33/h1-8H,9H2,(H,25,27)(H4,20,21,22,28,34). The Morgan fingerprint density at radius 1 is 1.06 bits per heavy atom. The number of carbonyl (C=O) groups is 2. The maximum Gasteiger partial charge on any atom is 0.281 e. The first-order valence-corrected chi connectivity index (χ1v) is 13.1. The molecule has 14 nitrogen and oxygen atoms in total. The van der Waals surface area contributed by atoms with E-state index in [0.29, 0.717) is 4.31 Å². The van der Waals surface area contributed by atoms with Gasteiger partial charge in [-0.3, -0.25) is 19.4 Å². The molecule has 0 spiro atoms. The summed E-state index contributed by atoms with van der Waals surface area (Å²) in [7, 11) is -8.71. The summed E-state index contributed by atoms with van der Waals surface area (Å²) in [6.07, 6.45) is 0. The monoisotopic (exact) mass is 549 g/mol. The molecule has 3 aromatic rings. The summed E-state index contributed by atoms with van der Waals surface area (Å²) >= 11 is 4.78. The molecule has 0 radical (unpaired) electrons. The van der Waals surface area contributed by atoms with Crippen molar-refractivity contribution in [3.8, 4) is 0 Å². The zero-order chi connectivity index (χ0) is 26.3. The number of amides is 2. The number of benzene rings is 2. The number of nitrogens with one attached hydrogen (secondary N) is 3. The van der Waals surface area contributed by atoms with Crippen molar-refractivity contribution in [1.82, 2.24) is 19.0 Å². The molecule has 0 saturated heterocycles. The van der Waals surface area contributed by atoms with Crippen LogP contribution in [-0.4, -0.2) is 49.5 Å². The van der Waals surface area contributed by atoms with Crippen LogP contribution in [-0.2, 0) is 24.8 Å². The van der Waals surface area contributed by atoms with Crippen molar-refractivity contribution < 1.29 is 26.4 Å². The van der Waals surface area contributed by atoms with E-state index in [0.717, 1.165) is 12.1 Å². The van der Waals surface area contributed by atoms with Crippen molar-refractivity contribution >= 4 is 61.3 Å². The number of sulfonamides is 2. The number of nitrogens with zero attached hydrogens (tertiary/aromatic N) is 3. The van der Waals surface area contributed by atoms with Crippen LogP contribution < -0.4 is 16.0 Å². The van der Waals surface area contributed by atoms with Crippen LogP contribution in [0.25, 0.3) is 0 Å². The highest BCUT2D eigenvalue weighted by atomic mass is 32.2. The number of aromatic nitrogens is 2. The Labute approximate surface area is 208 Å². The van der Waals surface area contributed by atoms with Crippen molar-refractivity contribution in [3.05, 3.63) is 69.2 Å². The van der Waals surface area contributed by atoms with E-state index in [1.165, 1.54) is 36.4 Å². The number of aromatic amines is 2. The van der Waals surface area contributed by atoms with Gasteiger partial charge in [0.15, 0.2) is 10.5 Å². The summed E-state index contributed by atoms with van der Waals surface area (Å²) in [6, 6.07) is 10.1. The van der Waals surface area contributed by atoms with Gasteiger partial charge in [-0.1, -0.05) is 12.1 Å². The van der Waals surface area contributed by atoms with Crippen LogP contribution in [0.5, 0.6) is 0 Å². The van der Waals surface area contributed by atoms with E-state index in [-0.39, 0.29) is 37.3 Å². The first-order valence-electron chi connectivity index (χ1n) is 9.76. The van der Waals surface area contributed by atoms with Crippen LogP contribution in [0.15, 0.2) is 73.3 Å². The van der Waals surface area contributed by atoms with Gasteiger partial charge in [-0.25, -0.2) is 25.9 Å². The second-order valence-electron chi connectivity index (χ2n) is 7.21. The lowest BCUT2D eigenvalue weighted by atomic mass is 10.2. The summed E-state index contributed by atoms with van der Waals surface area (Å²) in [5, 5.41) is 7.52. The molecule has 5 N–H and O–H groups in total. The fourth-order valence-electron chi connectivity index (χ4n) is 3.16. The largest absolute Gasteiger partial charge is 0.383 e. The van der Waals surface area contributed by atoms with Gasteiger partial charge < -0.3 is 10.7 Å². The molecule has 0 unspecified atom stereocenters. The number of hydrogen-bond donors (Lipinski definition) is 4. The Bertz CT molecular complexity index is 1760. The van der Waals surface area contributed by atoms with Crippen LogP contribution in [0.3, 0.4) is 0 Å². The summed E-state index contributed by atoms with van der Waals surface area (Å²) in [6.45, 7) is -1.03. The smallest absolute Gasteiger partial charge is 0.281 e. The van der Waals surface area contributed by atoms with Gasteiger partial charge in [0.25, 0.3) is 37.4 Å². The highest BCUT2D eigenvalue weighted by Gasteiger charge is 2.42. The normalized spacial score (nSPS) is 14.7. The highest BCUT2D eigenvalue weighted by molar-refractivity contribution is 7.90. The van der Waals surface area contributed by atoms with E-state index in [1.807, 2.05) is 0 Å². The molecule has 0 fully saturated rings. The van der Waals surface area contributed by atoms with Crippen LogP contribution in [0.4, 0.5) is 17.2 Å². The number of azo groups is 1. The Morgan fingerprint density at radius 2 is 1.72 bits per heavy atom. The molecular formula is C19H15N7O7S3. The number of hydrogen-bond acceptors (Lipinski definition) is 11. The van der Waals surface area contributed by atoms with Crippen molar-refractivity contribution in [2.45, 2.75) is 9.79 Å². The maximum absolute atomic E-state index is 12.6. The van der Waals surface area contributed by atoms with Crippen LogP contribution >= 0.6 is 12.2 Å². The molecule has 0 saturated carbocycles. The number of carbonyl (C=O) groups excluding carboxylic acids is 2. The van der Waals surface area contributed by atoms with Gasteiger partial charge >= 0.3 is 0 Å². The van der Waals surface area contributed by atoms with E-state index in [4.69, 9.17) is 18.0 Å². The molecule has 2 heterocycles. The molecule has 17 heteroatoms. The van der Waals surface area contributed by atoms with Gasteiger partial charge in [0.2, 0.25) is 0 Å². The highest BCUT2D eigenvalue weighted by Crippen LogP contribution is 2.29. The number of nitrogen functional groups attached to an aromatic ring is 1. The predicted molar refractivity (Wildman–Crippen MR) is 127 cm³/mol. The summed E-state index contributed by atoms with van der Waals surface area (Å²) in [5.74, 6) is -2.29. The molecular weight excluding hydrogens is 534 g/mol. The zero-order valence-electron chi connectivity index (χ0n) is 17.8. The number of fused-ring (bicyclic) bond motifs is 1. The van der Waals surface area contributed by atoms with Gasteiger partial charge in [0.05, 0.1) is 16.1 Å². The molecule has 1 aliphatic rings.